The first-order valence-electron chi connectivity index (χ1n) is 3.99. The summed E-state index contributed by atoms with van der Waals surface area (Å²) in [7, 11) is 0. The van der Waals surface area contributed by atoms with Crippen LogP contribution in [0.4, 0.5) is 0 Å². The van der Waals surface area contributed by atoms with Gasteiger partial charge in [0.1, 0.15) is 6.10 Å². The Morgan fingerprint density at radius 2 is 1.67 bits per heavy atom. The standard InChI is InChI=1S/C7H15NO4/c1-3-5(10)7(12)6(11)4(2-9)8-3/h3-12H,2H2,1H3/t3-,4+,5+,6?,7?/m0/s1. The average molecular weight is 177 g/mol. The van der Waals surface area contributed by atoms with Gasteiger partial charge in [-0.05, 0) is 6.92 Å². The van der Waals surface area contributed by atoms with E-state index < -0.39 is 24.4 Å². The van der Waals surface area contributed by atoms with Crippen LogP contribution >= 0.6 is 0 Å². The van der Waals surface area contributed by atoms with Gasteiger partial charge >= 0.3 is 0 Å². The Hall–Kier alpha value is -0.200. The minimum absolute atomic E-state index is 0.255. The molecular formula is C7H15NO4. The molecule has 0 aromatic carbocycles. The summed E-state index contributed by atoms with van der Waals surface area (Å²) in [6, 6.07) is -0.876. The van der Waals surface area contributed by atoms with Gasteiger partial charge in [0.15, 0.2) is 0 Å². The van der Waals surface area contributed by atoms with Crippen LogP contribution in [0.5, 0.6) is 0 Å². The fraction of sp³-hybridized carbons (Fsp3) is 1.00. The zero-order valence-electron chi connectivity index (χ0n) is 6.88. The van der Waals surface area contributed by atoms with Crippen LogP contribution in [0.1, 0.15) is 6.92 Å². The Morgan fingerprint density at radius 1 is 1.08 bits per heavy atom. The van der Waals surface area contributed by atoms with Gasteiger partial charge in [0.2, 0.25) is 0 Å². The third kappa shape index (κ3) is 1.60. The lowest BCUT2D eigenvalue weighted by Gasteiger charge is -2.39. The molecule has 0 aromatic rings. The van der Waals surface area contributed by atoms with Gasteiger partial charge in [0.25, 0.3) is 0 Å². The van der Waals surface area contributed by atoms with Crippen LogP contribution in [-0.2, 0) is 0 Å². The van der Waals surface area contributed by atoms with Gasteiger partial charge in [-0.1, -0.05) is 0 Å². The molecule has 72 valence electrons. The molecule has 5 atom stereocenters. The molecule has 12 heavy (non-hydrogen) atoms. The SMILES string of the molecule is C[C@@H]1N[C@H](CO)C(O)C(O)[C@@H]1O. The third-order valence-corrected chi connectivity index (χ3v) is 2.30. The van der Waals surface area contributed by atoms with Crippen LogP contribution in [0.3, 0.4) is 0 Å². The second-order valence-corrected chi connectivity index (χ2v) is 3.22. The first kappa shape index (κ1) is 9.88. The molecule has 0 bridgehead atoms. The predicted molar refractivity (Wildman–Crippen MR) is 41.5 cm³/mol. The molecule has 1 rings (SSSR count). The highest BCUT2D eigenvalue weighted by Gasteiger charge is 2.39. The van der Waals surface area contributed by atoms with Crippen molar-refractivity contribution in [2.24, 2.45) is 0 Å². The molecular weight excluding hydrogens is 162 g/mol. The van der Waals surface area contributed by atoms with E-state index in [4.69, 9.17) is 5.11 Å². The third-order valence-electron chi connectivity index (χ3n) is 2.30. The highest BCUT2D eigenvalue weighted by molar-refractivity contribution is 4.96. The molecule has 1 heterocycles. The number of aliphatic hydroxyl groups excluding tert-OH is 4. The van der Waals surface area contributed by atoms with Crippen molar-refractivity contribution >= 4 is 0 Å². The van der Waals surface area contributed by atoms with E-state index in [9.17, 15) is 15.3 Å². The van der Waals surface area contributed by atoms with E-state index in [1.54, 1.807) is 6.92 Å². The first-order chi connectivity index (χ1) is 5.57. The maximum absolute atomic E-state index is 9.29. The Bertz CT molecular complexity index is 150. The van der Waals surface area contributed by atoms with Gasteiger partial charge in [0, 0.05) is 6.04 Å². The second kappa shape index (κ2) is 3.68. The maximum atomic E-state index is 9.29. The highest BCUT2D eigenvalue weighted by atomic mass is 16.4. The maximum Gasteiger partial charge on any atom is 0.109 e. The zero-order valence-corrected chi connectivity index (χ0v) is 6.88. The molecule has 1 saturated heterocycles. The summed E-state index contributed by atoms with van der Waals surface area (Å²) in [5.74, 6) is 0. The summed E-state index contributed by atoms with van der Waals surface area (Å²) >= 11 is 0. The minimum atomic E-state index is -1.18. The smallest absolute Gasteiger partial charge is 0.109 e. The van der Waals surface area contributed by atoms with Crippen molar-refractivity contribution in [3.05, 3.63) is 0 Å². The number of nitrogens with one attached hydrogen (secondary N) is 1. The van der Waals surface area contributed by atoms with Crippen LogP contribution in [0.15, 0.2) is 0 Å². The number of aliphatic hydroxyl groups is 4. The van der Waals surface area contributed by atoms with Gasteiger partial charge in [-0.15, -0.1) is 0 Å². The fourth-order valence-electron chi connectivity index (χ4n) is 1.43. The number of hydrogen-bond donors (Lipinski definition) is 5. The van der Waals surface area contributed by atoms with E-state index in [2.05, 4.69) is 5.32 Å². The summed E-state index contributed by atoms with van der Waals surface area (Å²) in [6.07, 6.45) is -3.28. The quantitative estimate of drug-likeness (QED) is 0.303. The average Bonchev–Trinajstić information content (AvgIpc) is 2.08. The normalized spacial score (nSPS) is 49.2. The van der Waals surface area contributed by atoms with Gasteiger partial charge in [-0.3, -0.25) is 0 Å². The Kier molecular flexibility index (Phi) is 3.03. The second-order valence-electron chi connectivity index (χ2n) is 3.22. The van der Waals surface area contributed by atoms with Crippen molar-refractivity contribution < 1.29 is 20.4 Å². The summed E-state index contributed by atoms with van der Waals surface area (Å²) in [5, 5.41) is 39.4. The van der Waals surface area contributed by atoms with Crippen molar-refractivity contribution in [1.29, 1.82) is 0 Å². The monoisotopic (exact) mass is 177 g/mol. The lowest BCUT2D eigenvalue weighted by atomic mass is 9.91. The molecule has 1 aliphatic rings. The summed E-state index contributed by atoms with van der Waals surface area (Å²) in [5.41, 5.74) is 0. The first-order valence-corrected chi connectivity index (χ1v) is 3.99. The van der Waals surface area contributed by atoms with Crippen LogP contribution in [0, 0.1) is 0 Å². The minimum Gasteiger partial charge on any atom is -0.395 e. The van der Waals surface area contributed by atoms with Crippen molar-refractivity contribution in [3.63, 3.8) is 0 Å². The van der Waals surface area contributed by atoms with Gasteiger partial charge in [0.05, 0.1) is 24.9 Å². The van der Waals surface area contributed by atoms with Crippen molar-refractivity contribution in [1.82, 2.24) is 5.32 Å². The van der Waals surface area contributed by atoms with E-state index in [1.165, 1.54) is 0 Å². The Morgan fingerprint density at radius 3 is 2.17 bits per heavy atom. The molecule has 0 spiro atoms. The number of piperidine rings is 1. The van der Waals surface area contributed by atoms with Gasteiger partial charge in [-0.2, -0.15) is 0 Å². The number of rotatable bonds is 1. The predicted octanol–water partition coefficient (Wildman–Crippen LogP) is -2.58. The molecule has 0 aromatic heterocycles. The van der Waals surface area contributed by atoms with Crippen molar-refractivity contribution in [2.75, 3.05) is 6.61 Å². The van der Waals surface area contributed by atoms with Crippen LogP contribution in [-0.4, -0.2) is 57.4 Å². The van der Waals surface area contributed by atoms with Gasteiger partial charge < -0.3 is 25.7 Å². The largest absolute Gasteiger partial charge is 0.395 e. The topological polar surface area (TPSA) is 93.0 Å². The number of hydrogen-bond acceptors (Lipinski definition) is 5. The molecule has 2 unspecified atom stereocenters. The summed E-state index contributed by atoms with van der Waals surface area (Å²) < 4.78 is 0. The molecule has 5 heteroatoms. The molecule has 1 aliphatic heterocycles. The molecule has 5 N–H and O–H groups in total. The van der Waals surface area contributed by atoms with Crippen molar-refractivity contribution in [3.8, 4) is 0 Å². The fourth-order valence-corrected chi connectivity index (χ4v) is 1.43. The van der Waals surface area contributed by atoms with Crippen LogP contribution < -0.4 is 5.32 Å². The molecule has 5 nitrogen and oxygen atoms in total. The molecule has 0 amide bonds. The molecule has 0 saturated carbocycles. The summed E-state index contributed by atoms with van der Waals surface area (Å²) in [4.78, 5) is 0. The summed E-state index contributed by atoms with van der Waals surface area (Å²) in [6.45, 7) is 1.43. The molecule has 0 aliphatic carbocycles. The molecule has 1 fully saturated rings. The van der Waals surface area contributed by atoms with Crippen LogP contribution in [0.2, 0.25) is 0 Å². The van der Waals surface area contributed by atoms with Gasteiger partial charge in [-0.25, -0.2) is 0 Å². The highest BCUT2D eigenvalue weighted by Crippen LogP contribution is 2.14. The Balaban J connectivity index is 2.63. The molecule has 0 radical (unpaired) electrons. The lowest BCUT2D eigenvalue weighted by molar-refractivity contribution is -0.116. The Labute approximate surface area is 70.6 Å². The van der Waals surface area contributed by atoms with E-state index in [1.807, 2.05) is 0 Å². The lowest BCUT2D eigenvalue weighted by Crippen LogP contribution is -2.64. The van der Waals surface area contributed by atoms with E-state index >= 15 is 0 Å². The van der Waals surface area contributed by atoms with E-state index in [-0.39, 0.29) is 12.6 Å². The van der Waals surface area contributed by atoms with Crippen LogP contribution in [0.25, 0.3) is 0 Å². The van der Waals surface area contributed by atoms with E-state index in [0.29, 0.717) is 0 Å². The van der Waals surface area contributed by atoms with Crippen molar-refractivity contribution in [2.45, 2.75) is 37.3 Å². The van der Waals surface area contributed by atoms with E-state index in [0.717, 1.165) is 0 Å². The zero-order chi connectivity index (χ0) is 9.30.